The number of carbonyl (C=O) groups excluding carboxylic acids is 1. The van der Waals surface area contributed by atoms with Crippen molar-refractivity contribution < 1.29 is 17.9 Å². The Bertz CT molecular complexity index is 467. The lowest BCUT2D eigenvalue weighted by molar-refractivity contribution is 0.180. The summed E-state index contributed by atoms with van der Waals surface area (Å²) < 4.78 is 27.6. The minimum atomic E-state index is -3.47. The van der Waals surface area contributed by atoms with Crippen LogP contribution in [0.1, 0.15) is 0 Å². The molecule has 0 unspecified atom stereocenters. The normalized spacial score (nSPS) is 11.1. The lowest BCUT2D eigenvalue weighted by Crippen LogP contribution is -2.13. The SMILES string of the molecule is O=C(Cl)OCCS(=O)(=O)c1ccc(Cl)cc1. The van der Waals surface area contributed by atoms with Crippen molar-refractivity contribution in [2.45, 2.75) is 4.90 Å². The van der Waals surface area contributed by atoms with Gasteiger partial charge >= 0.3 is 5.43 Å². The first-order valence-corrected chi connectivity index (χ1v) is 6.63. The number of rotatable bonds is 4. The van der Waals surface area contributed by atoms with E-state index in [4.69, 9.17) is 23.2 Å². The van der Waals surface area contributed by atoms with E-state index in [1.165, 1.54) is 24.3 Å². The average molecular weight is 283 g/mol. The zero-order chi connectivity index (χ0) is 12.2. The summed E-state index contributed by atoms with van der Waals surface area (Å²) in [5.41, 5.74) is -1.02. The van der Waals surface area contributed by atoms with Gasteiger partial charge < -0.3 is 4.74 Å². The highest BCUT2D eigenvalue weighted by atomic mass is 35.5. The first-order valence-electron chi connectivity index (χ1n) is 4.22. The molecule has 16 heavy (non-hydrogen) atoms. The Hall–Kier alpha value is -0.780. The first-order chi connectivity index (χ1) is 7.42. The molecule has 7 heteroatoms. The Morgan fingerprint density at radius 2 is 1.81 bits per heavy atom. The van der Waals surface area contributed by atoms with E-state index in [1.807, 2.05) is 0 Å². The van der Waals surface area contributed by atoms with Crippen LogP contribution in [0.4, 0.5) is 4.79 Å². The Labute approximate surface area is 103 Å². The first kappa shape index (κ1) is 13.3. The third-order valence-corrected chi connectivity index (χ3v) is 3.80. The highest BCUT2D eigenvalue weighted by Gasteiger charge is 2.14. The van der Waals surface area contributed by atoms with Crippen LogP contribution < -0.4 is 0 Å². The molecule has 0 aliphatic rings. The van der Waals surface area contributed by atoms with Crippen molar-refractivity contribution in [2.24, 2.45) is 0 Å². The number of sulfone groups is 1. The summed E-state index contributed by atoms with van der Waals surface area (Å²) in [5, 5.41) is 0.450. The zero-order valence-corrected chi connectivity index (χ0v) is 10.3. The minimum absolute atomic E-state index is 0.127. The molecule has 0 saturated carbocycles. The molecule has 0 bridgehead atoms. The second-order valence-corrected chi connectivity index (χ2v) is 5.71. The summed E-state index contributed by atoms with van der Waals surface area (Å²) in [6.07, 6.45) is 0. The van der Waals surface area contributed by atoms with Crippen LogP contribution in [0.3, 0.4) is 0 Å². The van der Waals surface area contributed by atoms with Gasteiger partial charge in [0.05, 0.1) is 10.6 Å². The average Bonchev–Trinajstić information content (AvgIpc) is 2.17. The molecule has 0 spiro atoms. The summed E-state index contributed by atoms with van der Waals surface area (Å²) >= 11 is 10.5. The van der Waals surface area contributed by atoms with Crippen LogP contribution in [0.25, 0.3) is 0 Å². The quantitative estimate of drug-likeness (QED) is 0.796. The Kier molecular flexibility index (Phi) is 4.58. The molecule has 0 radical (unpaired) electrons. The van der Waals surface area contributed by atoms with Gasteiger partial charge in [-0.05, 0) is 24.3 Å². The standard InChI is InChI=1S/C9H8Cl2O4S/c10-7-1-3-8(4-2-7)16(13,14)6-5-15-9(11)12/h1-4H,5-6H2. The molecule has 0 N–H and O–H groups in total. The Morgan fingerprint density at radius 1 is 1.25 bits per heavy atom. The predicted octanol–water partition coefficient (Wildman–Crippen LogP) is 2.49. The number of hydrogen-bond donors (Lipinski definition) is 0. The largest absolute Gasteiger partial charge is 0.453 e. The van der Waals surface area contributed by atoms with E-state index < -0.39 is 15.3 Å². The van der Waals surface area contributed by atoms with Crippen LogP contribution in [0.15, 0.2) is 29.2 Å². The van der Waals surface area contributed by atoms with Gasteiger partial charge in [-0.25, -0.2) is 13.2 Å². The molecule has 1 aromatic carbocycles. The number of carbonyl (C=O) groups is 1. The van der Waals surface area contributed by atoms with E-state index in [1.54, 1.807) is 0 Å². The van der Waals surface area contributed by atoms with Gasteiger partial charge in [0.25, 0.3) is 0 Å². The number of halogens is 2. The minimum Gasteiger partial charge on any atom is -0.453 e. The third kappa shape index (κ3) is 4.00. The fraction of sp³-hybridized carbons (Fsp3) is 0.222. The van der Waals surface area contributed by atoms with E-state index in [-0.39, 0.29) is 17.3 Å². The van der Waals surface area contributed by atoms with Gasteiger partial charge in [0, 0.05) is 16.6 Å². The van der Waals surface area contributed by atoms with Crippen LogP contribution in [0, 0.1) is 0 Å². The van der Waals surface area contributed by atoms with Crippen molar-refractivity contribution in [3.63, 3.8) is 0 Å². The fourth-order valence-corrected chi connectivity index (χ4v) is 2.28. The van der Waals surface area contributed by atoms with E-state index >= 15 is 0 Å². The molecule has 0 fully saturated rings. The van der Waals surface area contributed by atoms with Crippen molar-refractivity contribution in [3.05, 3.63) is 29.3 Å². The number of hydrogen-bond acceptors (Lipinski definition) is 4. The number of ether oxygens (including phenoxy) is 1. The zero-order valence-electron chi connectivity index (χ0n) is 8.02. The summed E-state index contributed by atoms with van der Waals surface area (Å²) in [7, 11) is -3.47. The molecule has 0 heterocycles. The summed E-state index contributed by atoms with van der Waals surface area (Å²) in [5.74, 6) is -0.312. The van der Waals surface area contributed by atoms with Crippen molar-refractivity contribution in [2.75, 3.05) is 12.4 Å². The molecule has 0 atom stereocenters. The predicted molar refractivity (Wildman–Crippen MR) is 60.7 cm³/mol. The van der Waals surface area contributed by atoms with Gasteiger partial charge in [0.15, 0.2) is 9.84 Å². The van der Waals surface area contributed by atoms with Crippen LogP contribution in [0.5, 0.6) is 0 Å². The molecule has 1 rings (SSSR count). The maximum atomic E-state index is 11.6. The summed E-state index contributed by atoms with van der Waals surface area (Å²) in [4.78, 5) is 10.4. The molecule has 0 aromatic heterocycles. The Balaban J connectivity index is 2.71. The van der Waals surface area contributed by atoms with Crippen LogP contribution in [0.2, 0.25) is 5.02 Å². The maximum Gasteiger partial charge on any atom is 0.403 e. The third-order valence-electron chi connectivity index (χ3n) is 1.74. The van der Waals surface area contributed by atoms with Crippen LogP contribution in [-0.4, -0.2) is 26.2 Å². The maximum absolute atomic E-state index is 11.6. The highest BCUT2D eigenvalue weighted by Crippen LogP contribution is 2.15. The molecule has 1 aromatic rings. The highest BCUT2D eigenvalue weighted by molar-refractivity contribution is 7.91. The van der Waals surface area contributed by atoms with Gasteiger partial charge in [-0.15, -0.1) is 0 Å². The van der Waals surface area contributed by atoms with E-state index in [9.17, 15) is 13.2 Å². The molecule has 0 aliphatic carbocycles. The smallest absolute Gasteiger partial charge is 0.403 e. The van der Waals surface area contributed by atoms with Gasteiger partial charge in [-0.1, -0.05) is 11.6 Å². The molecule has 0 aliphatic heterocycles. The number of benzene rings is 1. The van der Waals surface area contributed by atoms with Gasteiger partial charge in [0.1, 0.15) is 6.61 Å². The lowest BCUT2D eigenvalue weighted by atomic mass is 10.4. The summed E-state index contributed by atoms with van der Waals surface area (Å²) in [6, 6.07) is 5.73. The molecular weight excluding hydrogens is 275 g/mol. The van der Waals surface area contributed by atoms with Crippen molar-refractivity contribution in [3.8, 4) is 0 Å². The second kappa shape index (κ2) is 5.52. The van der Waals surface area contributed by atoms with Crippen LogP contribution >= 0.6 is 23.2 Å². The van der Waals surface area contributed by atoms with Gasteiger partial charge in [0.2, 0.25) is 0 Å². The topological polar surface area (TPSA) is 60.4 Å². The molecule has 0 amide bonds. The van der Waals surface area contributed by atoms with Crippen molar-refractivity contribution >= 4 is 38.5 Å². The molecular formula is C9H8Cl2O4S. The second-order valence-electron chi connectivity index (χ2n) is 2.86. The Morgan fingerprint density at radius 3 is 2.31 bits per heavy atom. The van der Waals surface area contributed by atoms with Crippen LogP contribution in [-0.2, 0) is 14.6 Å². The van der Waals surface area contributed by atoms with Gasteiger partial charge in [-0.3, -0.25) is 0 Å². The lowest BCUT2D eigenvalue weighted by Gasteiger charge is -2.04. The molecule has 4 nitrogen and oxygen atoms in total. The van der Waals surface area contributed by atoms with E-state index in [2.05, 4.69) is 4.74 Å². The fourth-order valence-electron chi connectivity index (χ4n) is 0.991. The van der Waals surface area contributed by atoms with Crippen molar-refractivity contribution in [1.82, 2.24) is 0 Å². The van der Waals surface area contributed by atoms with Gasteiger partial charge in [-0.2, -0.15) is 0 Å². The molecule has 0 saturated heterocycles. The van der Waals surface area contributed by atoms with Crippen molar-refractivity contribution in [1.29, 1.82) is 0 Å². The molecule has 88 valence electrons. The monoisotopic (exact) mass is 282 g/mol. The van der Waals surface area contributed by atoms with E-state index in [0.717, 1.165) is 0 Å². The van der Waals surface area contributed by atoms with E-state index in [0.29, 0.717) is 5.02 Å². The summed E-state index contributed by atoms with van der Waals surface area (Å²) in [6.45, 7) is -0.271.